The molecule has 0 saturated heterocycles. The molecule has 0 saturated carbocycles. The van der Waals surface area contributed by atoms with E-state index in [4.69, 9.17) is 9.97 Å². The highest BCUT2D eigenvalue weighted by Crippen LogP contribution is 2.52. The Hall–Kier alpha value is -8.08. The normalized spacial score (nSPS) is 12.3. The molecule has 14 rings (SSSR count). The van der Waals surface area contributed by atoms with Crippen molar-refractivity contribution in [3.63, 3.8) is 0 Å². The first-order chi connectivity index (χ1) is 29.8. The van der Waals surface area contributed by atoms with Crippen LogP contribution in [0.4, 0.5) is 0 Å². The van der Waals surface area contributed by atoms with E-state index in [0.29, 0.717) is 5.95 Å². The Bertz CT molecular complexity index is 4020. The maximum atomic E-state index is 5.78. The molecule has 276 valence electrons. The van der Waals surface area contributed by atoms with Crippen molar-refractivity contribution in [3.8, 4) is 45.1 Å². The number of fused-ring (bicyclic) bond motifs is 18. The molecule has 13 aromatic rings. The first-order valence-corrected chi connectivity index (χ1v) is 20.6. The predicted molar refractivity (Wildman–Crippen MR) is 251 cm³/mol. The van der Waals surface area contributed by atoms with Gasteiger partial charge in [-0.15, -0.1) is 0 Å². The molecule has 0 N–H and O–H groups in total. The number of nitrogens with zero attached hydrogens (tertiary/aromatic N) is 4. The molecule has 0 atom stereocenters. The summed E-state index contributed by atoms with van der Waals surface area (Å²) >= 11 is 0. The van der Waals surface area contributed by atoms with Gasteiger partial charge in [0.2, 0.25) is 5.95 Å². The second-order valence-electron chi connectivity index (χ2n) is 16.1. The van der Waals surface area contributed by atoms with Crippen LogP contribution in [0.2, 0.25) is 0 Å². The third-order valence-electron chi connectivity index (χ3n) is 13.0. The standard InChI is InChI=1S/C56H32N4/c1-4-18-36-33(15-1)29-30-46-51(36)54(44-31-34-16-2-3-17-35(34)37-19-5-6-20-38(37)44)58-56(57-46)60-49-28-14-11-25-43(49)52-50(60)32-45-41-23-10-13-27-48(41)59-47-26-12-9-22-40(47)39-21-7-8-24-42(39)53(52)55(45)59/h1-32H. The topological polar surface area (TPSA) is 35.6 Å². The summed E-state index contributed by atoms with van der Waals surface area (Å²) in [7, 11) is 0. The van der Waals surface area contributed by atoms with Crippen LogP contribution in [0, 0.1) is 0 Å². The summed E-state index contributed by atoms with van der Waals surface area (Å²) in [4.78, 5) is 11.3. The zero-order chi connectivity index (χ0) is 39.1. The molecule has 0 aliphatic carbocycles. The number of para-hydroxylation sites is 3. The van der Waals surface area contributed by atoms with Gasteiger partial charge < -0.3 is 4.57 Å². The third-order valence-corrected chi connectivity index (χ3v) is 13.0. The predicted octanol–water partition coefficient (Wildman–Crippen LogP) is 14.6. The van der Waals surface area contributed by atoms with Gasteiger partial charge in [0, 0.05) is 43.6 Å². The molecule has 10 aromatic carbocycles. The van der Waals surface area contributed by atoms with E-state index in [9.17, 15) is 0 Å². The van der Waals surface area contributed by atoms with Crippen molar-refractivity contribution in [2.24, 2.45) is 0 Å². The average Bonchev–Trinajstić information content (AvgIpc) is 3.78. The van der Waals surface area contributed by atoms with Crippen LogP contribution in [-0.2, 0) is 0 Å². The largest absolute Gasteiger partial charge is 0.308 e. The number of hydrogen-bond acceptors (Lipinski definition) is 2. The highest BCUT2D eigenvalue weighted by atomic mass is 15.2. The minimum absolute atomic E-state index is 0.650. The van der Waals surface area contributed by atoms with Gasteiger partial charge in [-0.1, -0.05) is 158 Å². The molecule has 0 spiro atoms. The number of aromatic nitrogens is 4. The monoisotopic (exact) mass is 760 g/mol. The van der Waals surface area contributed by atoms with Gasteiger partial charge in [-0.2, -0.15) is 0 Å². The lowest BCUT2D eigenvalue weighted by Crippen LogP contribution is -2.04. The van der Waals surface area contributed by atoms with Crippen LogP contribution in [0.1, 0.15) is 0 Å². The van der Waals surface area contributed by atoms with E-state index in [1.807, 2.05) is 0 Å². The lowest BCUT2D eigenvalue weighted by molar-refractivity contribution is 1.02. The highest BCUT2D eigenvalue weighted by Gasteiger charge is 2.29. The maximum absolute atomic E-state index is 5.78. The van der Waals surface area contributed by atoms with Gasteiger partial charge in [0.25, 0.3) is 0 Å². The lowest BCUT2D eigenvalue weighted by atomic mass is 9.91. The smallest absolute Gasteiger partial charge is 0.235 e. The maximum Gasteiger partial charge on any atom is 0.235 e. The molecular formula is C56H32N4. The van der Waals surface area contributed by atoms with Crippen LogP contribution in [-0.4, -0.2) is 19.1 Å². The van der Waals surface area contributed by atoms with Gasteiger partial charge in [-0.25, -0.2) is 9.97 Å². The number of benzene rings is 10. The molecule has 4 heteroatoms. The minimum atomic E-state index is 0.650. The third kappa shape index (κ3) is 4.14. The van der Waals surface area contributed by atoms with E-state index in [0.717, 1.165) is 44.0 Å². The summed E-state index contributed by atoms with van der Waals surface area (Å²) in [6.45, 7) is 0. The van der Waals surface area contributed by atoms with Gasteiger partial charge in [0.15, 0.2) is 0 Å². The van der Waals surface area contributed by atoms with Crippen LogP contribution in [0.25, 0.3) is 132 Å². The summed E-state index contributed by atoms with van der Waals surface area (Å²) < 4.78 is 4.83. The molecule has 4 nitrogen and oxygen atoms in total. The minimum Gasteiger partial charge on any atom is -0.308 e. The van der Waals surface area contributed by atoms with E-state index < -0.39 is 0 Å². The molecule has 0 bridgehead atoms. The Morgan fingerprint density at radius 1 is 0.333 bits per heavy atom. The van der Waals surface area contributed by atoms with Crippen molar-refractivity contribution in [2.45, 2.75) is 0 Å². The summed E-state index contributed by atoms with van der Waals surface area (Å²) in [5.41, 5.74) is 13.6. The number of hydrogen-bond donors (Lipinski definition) is 0. The van der Waals surface area contributed by atoms with E-state index in [1.54, 1.807) is 0 Å². The van der Waals surface area contributed by atoms with Crippen molar-refractivity contribution in [1.29, 1.82) is 0 Å². The van der Waals surface area contributed by atoms with Crippen molar-refractivity contribution in [3.05, 3.63) is 194 Å². The first kappa shape index (κ1) is 31.9. The van der Waals surface area contributed by atoms with Crippen LogP contribution in [0.15, 0.2) is 194 Å². The highest BCUT2D eigenvalue weighted by molar-refractivity contribution is 6.29. The molecule has 0 unspecified atom stereocenters. The Morgan fingerprint density at radius 3 is 1.78 bits per heavy atom. The van der Waals surface area contributed by atoms with Gasteiger partial charge in [-0.05, 0) is 79.8 Å². The van der Waals surface area contributed by atoms with Crippen molar-refractivity contribution in [2.75, 3.05) is 0 Å². The fourth-order valence-electron chi connectivity index (χ4n) is 10.6. The molecular weight excluding hydrogens is 729 g/mol. The van der Waals surface area contributed by atoms with E-state index in [2.05, 4.69) is 203 Å². The molecule has 60 heavy (non-hydrogen) atoms. The quantitative estimate of drug-likeness (QED) is 0.165. The molecule has 1 aliphatic rings. The summed E-state index contributed by atoms with van der Waals surface area (Å²) in [5.74, 6) is 0.650. The zero-order valence-corrected chi connectivity index (χ0v) is 32.3. The molecule has 4 heterocycles. The first-order valence-electron chi connectivity index (χ1n) is 20.6. The summed E-state index contributed by atoms with van der Waals surface area (Å²) in [5, 5.41) is 13.0. The van der Waals surface area contributed by atoms with Gasteiger partial charge in [-0.3, -0.25) is 4.57 Å². The molecule has 0 fully saturated rings. The summed E-state index contributed by atoms with van der Waals surface area (Å²) in [6, 6.07) is 70.6. The van der Waals surface area contributed by atoms with Crippen molar-refractivity contribution in [1.82, 2.24) is 19.1 Å². The molecule has 3 aromatic heterocycles. The zero-order valence-electron chi connectivity index (χ0n) is 32.3. The fourth-order valence-corrected chi connectivity index (χ4v) is 10.6. The van der Waals surface area contributed by atoms with Crippen LogP contribution >= 0.6 is 0 Å². The molecule has 0 radical (unpaired) electrons. The van der Waals surface area contributed by atoms with E-state index >= 15 is 0 Å². The van der Waals surface area contributed by atoms with Crippen molar-refractivity contribution >= 4 is 86.8 Å². The van der Waals surface area contributed by atoms with Crippen LogP contribution in [0.3, 0.4) is 0 Å². The SMILES string of the molecule is c1ccc2c(c1)-c1ccccc1-n1c3ccccc3c3cc4c(c-2c31)c1ccccc1n4-c1nc(-c2cc3ccccc3c3ccccc23)c2c(ccc3ccccc32)n1. The Labute approximate surface area is 343 Å². The summed E-state index contributed by atoms with van der Waals surface area (Å²) in [6.07, 6.45) is 0. The Kier molecular flexibility index (Phi) is 6.26. The van der Waals surface area contributed by atoms with Gasteiger partial charge in [0.1, 0.15) is 0 Å². The Morgan fingerprint density at radius 2 is 0.950 bits per heavy atom. The van der Waals surface area contributed by atoms with E-state index in [-0.39, 0.29) is 0 Å². The Balaban J connectivity index is 1.19. The lowest BCUT2D eigenvalue weighted by Gasteiger charge is -2.16. The second-order valence-corrected chi connectivity index (χ2v) is 16.1. The van der Waals surface area contributed by atoms with Gasteiger partial charge in [0.05, 0.1) is 39.0 Å². The number of rotatable bonds is 2. The molecule has 1 aliphatic heterocycles. The van der Waals surface area contributed by atoms with Crippen LogP contribution in [0.5, 0.6) is 0 Å². The average molecular weight is 761 g/mol. The van der Waals surface area contributed by atoms with Gasteiger partial charge >= 0.3 is 0 Å². The molecule has 0 amide bonds. The van der Waals surface area contributed by atoms with Crippen LogP contribution < -0.4 is 0 Å². The fraction of sp³-hybridized carbons (Fsp3) is 0. The van der Waals surface area contributed by atoms with Crippen molar-refractivity contribution < 1.29 is 0 Å². The second kappa shape index (κ2) is 11.8. The van der Waals surface area contributed by atoms with E-state index in [1.165, 1.54) is 82.1 Å².